The summed E-state index contributed by atoms with van der Waals surface area (Å²) in [6.45, 7) is 0. The van der Waals surface area contributed by atoms with E-state index in [2.05, 4.69) is 42.5 Å². The van der Waals surface area contributed by atoms with Crippen LogP contribution in [0.3, 0.4) is 0 Å². The van der Waals surface area contributed by atoms with Gasteiger partial charge in [0.25, 0.3) is 0 Å². The summed E-state index contributed by atoms with van der Waals surface area (Å²) < 4.78 is 6.93. The van der Waals surface area contributed by atoms with Crippen molar-refractivity contribution in [1.82, 2.24) is 0 Å². The molecule has 0 aromatic carbocycles. The second kappa shape index (κ2) is 10.4. The van der Waals surface area contributed by atoms with E-state index in [1.54, 1.807) is 11.3 Å². The maximum Gasteiger partial charge on any atom is 0.140 e. The van der Waals surface area contributed by atoms with Crippen LogP contribution < -0.4 is 4.74 Å². The number of nitriles is 4. The van der Waals surface area contributed by atoms with Crippen LogP contribution in [-0.4, -0.2) is 0 Å². The predicted molar refractivity (Wildman–Crippen MR) is 153 cm³/mol. The van der Waals surface area contributed by atoms with Crippen LogP contribution in [0.4, 0.5) is 0 Å². The van der Waals surface area contributed by atoms with Gasteiger partial charge in [-0.25, -0.2) is 0 Å². The van der Waals surface area contributed by atoms with Gasteiger partial charge in [0.2, 0.25) is 0 Å². The molecular weight excluding hydrogens is 521 g/mol. The Hall–Kier alpha value is -3.88. The van der Waals surface area contributed by atoms with Gasteiger partial charge in [-0.3, -0.25) is 0 Å². The molecule has 1 aliphatic heterocycles. The lowest BCUT2D eigenvalue weighted by Gasteiger charge is -2.40. The Morgan fingerprint density at radius 1 is 0.667 bits per heavy atom. The molecule has 0 amide bonds. The number of ether oxygens (including phenoxy) is 1. The zero-order valence-corrected chi connectivity index (χ0v) is 23.2. The van der Waals surface area contributed by atoms with E-state index in [0.29, 0.717) is 0 Å². The molecular formula is C32H26N4OS2. The predicted octanol–water partition coefficient (Wildman–Crippen LogP) is 8.85. The molecule has 0 bridgehead atoms. The van der Waals surface area contributed by atoms with Crippen LogP contribution in [-0.2, 0) is 5.60 Å². The molecule has 1 saturated carbocycles. The first-order chi connectivity index (χ1) is 19.1. The molecule has 2 aromatic rings. The summed E-state index contributed by atoms with van der Waals surface area (Å²) in [6.07, 6.45) is 14.9. The van der Waals surface area contributed by atoms with Crippen LogP contribution in [0.5, 0.6) is 5.75 Å². The molecule has 3 heterocycles. The van der Waals surface area contributed by atoms with Gasteiger partial charge >= 0.3 is 0 Å². The smallest absolute Gasteiger partial charge is 0.140 e. The van der Waals surface area contributed by atoms with E-state index in [1.807, 2.05) is 17.4 Å². The van der Waals surface area contributed by atoms with Crippen molar-refractivity contribution < 1.29 is 4.74 Å². The highest BCUT2D eigenvalue weighted by Crippen LogP contribution is 2.58. The fourth-order valence-electron chi connectivity index (χ4n) is 6.35. The number of hydrogen-bond acceptors (Lipinski definition) is 7. The standard InChI is InChI=1S/C32H26N4OS2/c33-16-24(17-34)20-6-4-8-22(12-20)28-14-26-30(38-28)31-27(37-32(26)10-2-1-3-11-32)15-29(39-31)23-9-5-7-21(13-23)25(18-35)19-36/h12-15H,1-11H2. The van der Waals surface area contributed by atoms with Gasteiger partial charge in [-0.15, -0.1) is 22.7 Å². The van der Waals surface area contributed by atoms with Crippen LogP contribution in [0.1, 0.15) is 85.9 Å². The van der Waals surface area contributed by atoms with E-state index in [9.17, 15) is 21.0 Å². The SMILES string of the molecule is N#CC(C#N)=C1C=C(c2cc3c(s2)-c2sc(C4=CC(=C(C#N)C#N)CCC4)cc2C2(CCCCC2)O3)CCC1. The first-order valence-electron chi connectivity index (χ1n) is 13.5. The van der Waals surface area contributed by atoms with Crippen molar-refractivity contribution in [1.29, 1.82) is 21.0 Å². The van der Waals surface area contributed by atoms with Gasteiger partial charge in [0.1, 0.15) is 46.8 Å². The third kappa shape index (κ3) is 4.43. The van der Waals surface area contributed by atoms with Crippen molar-refractivity contribution >= 4 is 33.8 Å². The maximum atomic E-state index is 9.42. The average molecular weight is 547 g/mol. The second-order valence-corrected chi connectivity index (χ2v) is 12.7. The molecule has 7 heteroatoms. The molecule has 1 spiro atoms. The molecule has 4 aliphatic rings. The molecule has 0 N–H and O–H groups in total. The van der Waals surface area contributed by atoms with Crippen LogP contribution in [0.15, 0.2) is 46.6 Å². The molecule has 0 radical (unpaired) electrons. The minimum Gasteiger partial charge on any atom is -0.481 e. The maximum absolute atomic E-state index is 9.42. The Morgan fingerprint density at radius 3 is 1.77 bits per heavy atom. The highest BCUT2D eigenvalue weighted by molar-refractivity contribution is 7.23. The summed E-state index contributed by atoms with van der Waals surface area (Å²) in [4.78, 5) is 4.80. The van der Waals surface area contributed by atoms with Gasteiger partial charge in [0.15, 0.2) is 0 Å². The minimum absolute atomic E-state index is 0.209. The Kier molecular flexibility index (Phi) is 6.74. The van der Waals surface area contributed by atoms with E-state index in [1.165, 1.54) is 32.9 Å². The van der Waals surface area contributed by atoms with Gasteiger partial charge in [-0.1, -0.05) is 18.6 Å². The summed E-state index contributed by atoms with van der Waals surface area (Å²) in [5, 5.41) is 37.6. The van der Waals surface area contributed by atoms with Gasteiger partial charge in [-0.2, -0.15) is 21.0 Å². The van der Waals surface area contributed by atoms with E-state index in [-0.39, 0.29) is 16.7 Å². The third-order valence-corrected chi connectivity index (χ3v) is 10.9. The second-order valence-electron chi connectivity index (χ2n) is 10.6. The summed E-state index contributed by atoms with van der Waals surface area (Å²) in [7, 11) is 0. The Balaban J connectivity index is 1.47. The first kappa shape index (κ1) is 25.4. The molecule has 0 saturated heterocycles. The van der Waals surface area contributed by atoms with Crippen LogP contribution in [0.2, 0.25) is 0 Å². The van der Waals surface area contributed by atoms with Gasteiger partial charge in [0.05, 0.1) is 9.75 Å². The normalized spacial score (nSPS) is 19.2. The minimum atomic E-state index is -0.313. The number of rotatable bonds is 2. The summed E-state index contributed by atoms with van der Waals surface area (Å²) in [5.41, 5.74) is 5.45. The molecule has 1 fully saturated rings. The van der Waals surface area contributed by atoms with Crippen LogP contribution in [0.25, 0.3) is 20.9 Å². The molecule has 0 unspecified atom stereocenters. The summed E-state index contributed by atoms with van der Waals surface area (Å²) in [5.74, 6) is 0.949. The number of fused-ring (bicyclic) bond motifs is 4. The monoisotopic (exact) mass is 546 g/mol. The number of hydrogen-bond donors (Lipinski definition) is 0. The van der Waals surface area contributed by atoms with E-state index in [0.717, 1.165) is 90.9 Å². The Bertz CT molecular complexity index is 1630. The summed E-state index contributed by atoms with van der Waals surface area (Å²) in [6, 6.07) is 12.8. The van der Waals surface area contributed by atoms with E-state index >= 15 is 0 Å². The molecule has 2 aromatic heterocycles. The Labute approximate surface area is 236 Å². The van der Waals surface area contributed by atoms with E-state index in [4.69, 9.17) is 4.74 Å². The number of thiophene rings is 2. The van der Waals surface area contributed by atoms with Crippen molar-refractivity contribution in [3.8, 4) is 39.8 Å². The largest absolute Gasteiger partial charge is 0.481 e. The first-order valence-corrected chi connectivity index (χ1v) is 15.2. The van der Waals surface area contributed by atoms with Crippen molar-refractivity contribution in [2.45, 2.75) is 76.2 Å². The lowest BCUT2D eigenvalue weighted by Crippen LogP contribution is -2.37. The third-order valence-electron chi connectivity index (χ3n) is 8.30. The highest BCUT2D eigenvalue weighted by atomic mass is 32.1. The molecule has 0 atom stereocenters. The van der Waals surface area contributed by atoms with Crippen LogP contribution >= 0.6 is 22.7 Å². The van der Waals surface area contributed by atoms with Crippen molar-refractivity contribution in [2.75, 3.05) is 0 Å². The van der Waals surface area contributed by atoms with Crippen LogP contribution in [0, 0.1) is 45.3 Å². The fraction of sp³-hybridized carbons (Fsp3) is 0.375. The van der Waals surface area contributed by atoms with Gasteiger partial charge in [0, 0.05) is 15.3 Å². The average Bonchev–Trinajstić information content (AvgIpc) is 3.61. The van der Waals surface area contributed by atoms with Gasteiger partial charge in [-0.05, 0) is 98.6 Å². The highest BCUT2D eigenvalue weighted by Gasteiger charge is 2.44. The summed E-state index contributed by atoms with van der Waals surface area (Å²) >= 11 is 3.56. The topological polar surface area (TPSA) is 104 Å². The number of allylic oxidation sites excluding steroid dienone is 8. The fourth-order valence-corrected chi connectivity index (χ4v) is 8.92. The lowest BCUT2D eigenvalue weighted by molar-refractivity contribution is 0.0250. The van der Waals surface area contributed by atoms with Crippen molar-refractivity contribution in [3.63, 3.8) is 0 Å². The molecule has 192 valence electrons. The quantitative estimate of drug-likeness (QED) is 0.350. The number of nitrogens with zero attached hydrogens (tertiary/aromatic N) is 4. The Morgan fingerprint density at radius 2 is 1.21 bits per heavy atom. The lowest BCUT2D eigenvalue weighted by atomic mass is 9.78. The molecule has 39 heavy (non-hydrogen) atoms. The zero-order valence-electron chi connectivity index (χ0n) is 21.6. The van der Waals surface area contributed by atoms with Gasteiger partial charge < -0.3 is 4.74 Å². The van der Waals surface area contributed by atoms with Crippen molar-refractivity contribution in [2.24, 2.45) is 0 Å². The van der Waals surface area contributed by atoms with Crippen molar-refractivity contribution in [3.05, 3.63) is 61.9 Å². The van der Waals surface area contributed by atoms with E-state index < -0.39 is 0 Å². The molecule has 5 nitrogen and oxygen atoms in total. The molecule has 6 rings (SSSR count). The zero-order chi connectivity index (χ0) is 27.0. The molecule has 3 aliphatic carbocycles.